The van der Waals surface area contributed by atoms with Crippen molar-refractivity contribution in [2.75, 3.05) is 0 Å². The van der Waals surface area contributed by atoms with Crippen molar-refractivity contribution in [1.82, 2.24) is 15.0 Å². The SMILES string of the molecule is N#Cc1nnn(-c2ccc(C(=O)O)cc2)c1Cc1ccccc1. The third-order valence-corrected chi connectivity index (χ3v) is 3.44. The molecule has 3 aromatic rings. The van der Waals surface area contributed by atoms with E-state index in [-0.39, 0.29) is 11.3 Å². The zero-order valence-electron chi connectivity index (χ0n) is 12.0. The Bertz CT molecular complexity index is 877. The number of nitrogens with zero attached hydrogens (tertiary/aromatic N) is 4. The van der Waals surface area contributed by atoms with E-state index in [1.54, 1.807) is 16.8 Å². The summed E-state index contributed by atoms with van der Waals surface area (Å²) in [6.07, 6.45) is 0.511. The molecule has 0 saturated heterocycles. The molecule has 0 spiro atoms. The van der Waals surface area contributed by atoms with Gasteiger partial charge in [0.2, 0.25) is 0 Å². The minimum absolute atomic E-state index is 0.194. The molecule has 0 aliphatic carbocycles. The summed E-state index contributed by atoms with van der Waals surface area (Å²) in [7, 11) is 0. The van der Waals surface area contributed by atoms with E-state index < -0.39 is 5.97 Å². The lowest BCUT2D eigenvalue weighted by Crippen LogP contribution is -2.05. The number of carboxylic acid groups (broad SMARTS) is 1. The standard InChI is InChI=1S/C17H12N4O2/c18-11-15-16(10-12-4-2-1-3-5-12)21(20-19-15)14-8-6-13(7-9-14)17(22)23/h1-9H,10H2,(H,22,23). The molecule has 0 radical (unpaired) electrons. The van der Waals surface area contributed by atoms with Crippen LogP contribution in [0.5, 0.6) is 0 Å². The van der Waals surface area contributed by atoms with Crippen LogP contribution in [0.25, 0.3) is 5.69 Å². The van der Waals surface area contributed by atoms with Gasteiger partial charge in [-0.05, 0) is 29.8 Å². The Balaban J connectivity index is 2.01. The maximum atomic E-state index is 10.9. The number of aromatic carboxylic acids is 1. The number of carboxylic acids is 1. The Morgan fingerprint density at radius 1 is 1.13 bits per heavy atom. The monoisotopic (exact) mass is 304 g/mol. The Kier molecular flexibility index (Phi) is 3.85. The van der Waals surface area contributed by atoms with Crippen LogP contribution in [0.3, 0.4) is 0 Å². The third-order valence-electron chi connectivity index (χ3n) is 3.44. The van der Waals surface area contributed by atoms with Crippen LogP contribution in [0.4, 0.5) is 0 Å². The van der Waals surface area contributed by atoms with Crippen molar-refractivity contribution >= 4 is 5.97 Å². The minimum Gasteiger partial charge on any atom is -0.478 e. The highest BCUT2D eigenvalue weighted by molar-refractivity contribution is 5.87. The Morgan fingerprint density at radius 3 is 2.43 bits per heavy atom. The first-order valence-corrected chi connectivity index (χ1v) is 6.91. The third kappa shape index (κ3) is 2.94. The van der Waals surface area contributed by atoms with Crippen molar-refractivity contribution in [2.45, 2.75) is 6.42 Å². The number of rotatable bonds is 4. The van der Waals surface area contributed by atoms with Crippen LogP contribution >= 0.6 is 0 Å². The van der Waals surface area contributed by atoms with E-state index in [2.05, 4.69) is 10.3 Å². The molecule has 0 fully saturated rings. The Hall–Kier alpha value is -3.46. The first kappa shape index (κ1) is 14.5. The quantitative estimate of drug-likeness (QED) is 0.799. The lowest BCUT2D eigenvalue weighted by atomic mass is 10.1. The molecular weight excluding hydrogens is 292 g/mol. The van der Waals surface area contributed by atoms with Crippen molar-refractivity contribution in [3.05, 3.63) is 77.1 Å². The van der Waals surface area contributed by atoms with Crippen molar-refractivity contribution in [2.24, 2.45) is 0 Å². The highest BCUT2D eigenvalue weighted by Crippen LogP contribution is 2.17. The van der Waals surface area contributed by atoms with Gasteiger partial charge in [0, 0.05) is 6.42 Å². The summed E-state index contributed by atoms with van der Waals surface area (Å²) in [5, 5.41) is 26.1. The van der Waals surface area contributed by atoms with Gasteiger partial charge in [-0.3, -0.25) is 0 Å². The van der Waals surface area contributed by atoms with Crippen LogP contribution in [0.2, 0.25) is 0 Å². The van der Waals surface area contributed by atoms with Crippen LogP contribution < -0.4 is 0 Å². The van der Waals surface area contributed by atoms with Crippen LogP contribution in [-0.4, -0.2) is 26.1 Å². The second-order valence-corrected chi connectivity index (χ2v) is 4.92. The van der Waals surface area contributed by atoms with E-state index in [1.165, 1.54) is 12.1 Å². The molecule has 0 unspecified atom stereocenters. The molecule has 0 aliphatic heterocycles. The van der Waals surface area contributed by atoms with E-state index in [0.29, 0.717) is 17.8 Å². The maximum Gasteiger partial charge on any atom is 0.335 e. The summed E-state index contributed by atoms with van der Waals surface area (Å²) in [6.45, 7) is 0. The molecule has 1 aromatic heterocycles. The van der Waals surface area contributed by atoms with Crippen LogP contribution in [0.15, 0.2) is 54.6 Å². The molecule has 0 aliphatic rings. The summed E-state index contributed by atoms with van der Waals surface area (Å²) in [6, 6.07) is 18.0. The second kappa shape index (κ2) is 6.12. The summed E-state index contributed by atoms with van der Waals surface area (Å²) >= 11 is 0. The Morgan fingerprint density at radius 2 is 1.83 bits per heavy atom. The minimum atomic E-state index is -0.989. The average Bonchev–Trinajstić information content (AvgIpc) is 2.98. The van der Waals surface area contributed by atoms with Gasteiger partial charge in [0.25, 0.3) is 0 Å². The van der Waals surface area contributed by atoms with Gasteiger partial charge in [-0.1, -0.05) is 35.5 Å². The number of nitriles is 1. The van der Waals surface area contributed by atoms with Gasteiger partial charge in [0.15, 0.2) is 5.69 Å². The molecular formula is C17H12N4O2. The predicted molar refractivity (Wildman–Crippen MR) is 82.3 cm³/mol. The average molecular weight is 304 g/mol. The summed E-state index contributed by atoms with van der Waals surface area (Å²) in [4.78, 5) is 10.9. The fraction of sp³-hybridized carbons (Fsp3) is 0.0588. The zero-order valence-corrected chi connectivity index (χ0v) is 12.0. The number of carbonyl (C=O) groups is 1. The smallest absolute Gasteiger partial charge is 0.335 e. The maximum absolute atomic E-state index is 10.9. The molecule has 3 rings (SSSR count). The Labute approximate surface area is 132 Å². The van der Waals surface area contributed by atoms with Gasteiger partial charge in [-0.15, -0.1) is 5.10 Å². The van der Waals surface area contributed by atoms with Gasteiger partial charge in [-0.2, -0.15) is 5.26 Å². The fourth-order valence-corrected chi connectivity index (χ4v) is 2.29. The summed E-state index contributed by atoms with van der Waals surface area (Å²) < 4.78 is 1.57. The van der Waals surface area contributed by atoms with E-state index in [4.69, 9.17) is 5.11 Å². The zero-order chi connectivity index (χ0) is 16.2. The van der Waals surface area contributed by atoms with Crippen molar-refractivity contribution in [3.8, 4) is 11.8 Å². The first-order valence-electron chi connectivity index (χ1n) is 6.91. The van der Waals surface area contributed by atoms with Crippen LogP contribution in [0, 0.1) is 11.3 Å². The van der Waals surface area contributed by atoms with Crippen molar-refractivity contribution in [3.63, 3.8) is 0 Å². The first-order chi connectivity index (χ1) is 11.2. The van der Waals surface area contributed by atoms with Crippen LogP contribution in [0.1, 0.15) is 27.3 Å². The number of hydrogen-bond donors (Lipinski definition) is 1. The molecule has 0 amide bonds. The van der Waals surface area contributed by atoms with Crippen molar-refractivity contribution < 1.29 is 9.90 Å². The molecule has 2 aromatic carbocycles. The molecule has 6 heteroatoms. The molecule has 0 atom stereocenters. The molecule has 1 heterocycles. The van der Waals surface area contributed by atoms with E-state index >= 15 is 0 Å². The van der Waals surface area contributed by atoms with Gasteiger partial charge in [0.05, 0.1) is 16.9 Å². The van der Waals surface area contributed by atoms with E-state index in [1.807, 2.05) is 36.4 Å². The highest BCUT2D eigenvalue weighted by Gasteiger charge is 2.15. The van der Waals surface area contributed by atoms with Gasteiger partial charge >= 0.3 is 5.97 Å². The number of aromatic nitrogens is 3. The molecule has 6 nitrogen and oxygen atoms in total. The van der Waals surface area contributed by atoms with Gasteiger partial charge in [0.1, 0.15) is 6.07 Å². The molecule has 23 heavy (non-hydrogen) atoms. The number of benzene rings is 2. The fourth-order valence-electron chi connectivity index (χ4n) is 2.29. The normalized spacial score (nSPS) is 10.2. The molecule has 1 N–H and O–H groups in total. The predicted octanol–water partition coefficient (Wildman–Crippen LogP) is 2.43. The second-order valence-electron chi connectivity index (χ2n) is 4.92. The van der Waals surface area contributed by atoms with Crippen LogP contribution in [-0.2, 0) is 6.42 Å². The molecule has 0 saturated carbocycles. The van der Waals surface area contributed by atoms with Gasteiger partial charge < -0.3 is 5.11 Å². The number of hydrogen-bond acceptors (Lipinski definition) is 4. The molecule has 0 bridgehead atoms. The van der Waals surface area contributed by atoms with Crippen molar-refractivity contribution in [1.29, 1.82) is 5.26 Å². The largest absolute Gasteiger partial charge is 0.478 e. The lowest BCUT2D eigenvalue weighted by molar-refractivity contribution is 0.0697. The van der Waals surface area contributed by atoms with Gasteiger partial charge in [-0.25, -0.2) is 9.48 Å². The molecule has 112 valence electrons. The van der Waals surface area contributed by atoms with E-state index in [9.17, 15) is 10.1 Å². The summed E-state index contributed by atoms with van der Waals surface area (Å²) in [5.41, 5.74) is 2.82. The topological polar surface area (TPSA) is 91.8 Å². The highest BCUT2D eigenvalue weighted by atomic mass is 16.4. The summed E-state index contributed by atoms with van der Waals surface area (Å²) in [5.74, 6) is -0.989. The lowest BCUT2D eigenvalue weighted by Gasteiger charge is -2.07. The van der Waals surface area contributed by atoms with E-state index in [0.717, 1.165) is 5.56 Å².